The summed E-state index contributed by atoms with van der Waals surface area (Å²) in [5.41, 5.74) is 0.262. The van der Waals surface area contributed by atoms with Crippen molar-refractivity contribution in [1.82, 2.24) is 9.55 Å². The molecule has 6 heteroatoms. The van der Waals surface area contributed by atoms with Crippen LogP contribution in [0.4, 0.5) is 0 Å². The molecule has 3 nitrogen and oxygen atoms in total. The number of nitrogens with zero attached hydrogens (tertiary/aromatic N) is 2. The van der Waals surface area contributed by atoms with Gasteiger partial charge in [0, 0.05) is 9.51 Å². The Bertz CT molecular complexity index is 666. The molecule has 1 aromatic heterocycles. The Morgan fingerprint density at radius 1 is 1.47 bits per heavy atom. The highest BCUT2D eigenvalue weighted by Crippen LogP contribution is 2.24. The van der Waals surface area contributed by atoms with Crippen LogP contribution in [0.1, 0.15) is 0 Å². The van der Waals surface area contributed by atoms with E-state index < -0.39 is 0 Å². The fourth-order valence-electron chi connectivity index (χ4n) is 1.49. The van der Waals surface area contributed by atoms with Crippen LogP contribution in [0.2, 0.25) is 10.0 Å². The third-order valence-electron chi connectivity index (χ3n) is 2.19. The maximum atomic E-state index is 12.1. The van der Waals surface area contributed by atoms with Gasteiger partial charge in [0.05, 0.1) is 28.8 Å². The van der Waals surface area contributed by atoms with Crippen molar-refractivity contribution in [3.8, 4) is 0 Å². The Labute approximate surface area is 116 Å². The predicted molar refractivity (Wildman–Crippen MR) is 74.1 cm³/mol. The molecule has 0 radical (unpaired) electrons. The number of allylic oxidation sites excluding steroid dienone is 1. The summed E-state index contributed by atoms with van der Waals surface area (Å²) in [6, 6.07) is 3.12. The molecule has 0 spiro atoms. The summed E-state index contributed by atoms with van der Waals surface area (Å²) < 4.78 is 2.13. The molecule has 0 N–H and O–H groups in total. The number of aromatic nitrogens is 2. The van der Waals surface area contributed by atoms with Crippen LogP contribution in [0.25, 0.3) is 10.9 Å². The van der Waals surface area contributed by atoms with Gasteiger partial charge in [0.15, 0.2) is 0 Å². The van der Waals surface area contributed by atoms with Crippen molar-refractivity contribution in [3.05, 3.63) is 49.9 Å². The van der Waals surface area contributed by atoms with E-state index in [1.807, 2.05) is 0 Å². The van der Waals surface area contributed by atoms with Crippen LogP contribution in [0.5, 0.6) is 0 Å². The molecule has 0 unspecified atom stereocenters. The highest BCUT2D eigenvalue weighted by atomic mass is 79.9. The monoisotopic (exact) mass is 332 g/mol. The normalized spacial score (nSPS) is 10.8. The molecule has 1 aromatic carbocycles. The average Bonchev–Trinajstić information content (AvgIpc) is 2.22. The van der Waals surface area contributed by atoms with E-state index in [1.165, 1.54) is 10.9 Å². The molecule has 0 fully saturated rings. The first-order valence-corrected chi connectivity index (χ1v) is 6.21. The molecular formula is C11H7BrCl2N2O. The summed E-state index contributed by atoms with van der Waals surface area (Å²) in [7, 11) is 0. The van der Waals surface area contributed by atoms with E-state index in [2.05, 4.69) is 27.5 Å². The van der Waals surface area contributed by atoms with Gasteiger partial charge in [-0.25, -0.2) is 4.98 Å². The molecule has 1 heterocycles. The fraction of sp³-hybridized carbons (Fsp3) is 0.0909. The van der Waals surface area contributed by atoms with Gasteiger partial charge in [0.25, 0.3) is 5.56 Å². The maximum absolute atomic E-state index is 12.1. The van der Waals surface area contributed by atoms with Gasteiger partial charge in [-0.1, -0.05) is 45.7 Å². The minimum atomic E-state index is -0.194. The number of halogens is 3. The smallest absolute Gasteiger partial charge is 0.261 e. The summed E-state index contributed by atoms with van der Waals surface area (Å²) >= 11 is 15.0. The summed E-state index contributed by atoms with van der Waals surface area (Å²) in [5, 5.41) is 1.19. The predicted octanol–water partition coefficient (Wildman–Crippen LogP) is 3.61. The molecule has 2 rings (SSSR count). The number of rotatable bonds is 2. The third kappa shape index (κ3) is 2.54. The number of fused-ring (bicyclic) bond motifs is 1. The van der Waals surface area contributed by atoms with Crippen molar-refractivity contribution in [3.63, 3.8) is 0 Å². The van der Waals surface area contributed by atoms with Gasteiger partial charge in [-0.3, -0.25) is 9.36 Å². The van der Waals surface area contributed by atoms with E-state index in [0.717, 1.165) is 0 Å². The molecule has 0 bridgehead atoms. The summed E-state index contributed by atoms with van der Waals surface area (Å²) in [5.74, 6) is 0. The van der Waals surface area contributed by atoms with Crippen molar-refractivity contribution in [2.75, 3.05) is 0 Å². The molecule has 0 aliphatic rings. The Hall–Kier alpha value is -0.840. The molecule has 88 valence electrons. The molecule has 0 saturated carbocycles. The largest absolute Gasteiger partial charge is 0.294 e. The third-order valence-corrected chi connectivity index (χ3v) is 2.94. The molecule has 0 amide bonds. The van der Waals surface area contributed by atoms with Gasteiger partial charge in [-0.2, -0.15) is 0 Å². The summed E-state index contributed by atoms with van der Waals surface area (Å²) in [6.07, 6.45) is 1.44. The van der Waals surface area contributed by atoms with E-state index in [9.17, 15) is 4.79 Å². The zero-order valence-electron chi connectivity index (χ0n) is 8.58. The first kappa shape index (κ1) is 12.6. The van der Waals surface area contributed by atoms with Crippen LogP contribution in [0, 0.1) is 0 Å². The second-order valence-corrected chi connectivity index (χ2v) is 5.44. The van der Waals surface area contributed by atoms with Gasteiger partial charge in [0.2, 0.25) is 0 Å². The lowest BCUT2D eigenvalue weighted by Gasteiger charge is -2.06. The fourth-order valence-corrected chi connectivity index (χ4v) is 2.30. The van der Waals surface area contributed by atoms with Crippen LogP contribution in [-0.2, 0) is 6.54 Å². The van der Waals surface area contributed by atoms with Gasteiger partial charge in [-0.15, -0.1) is 0 Å². The highest BCUT2D eigenvalue weighted by molar-refractivity contribution is 9.11. The molecule has 2 aromatic rings. The minimum Gasteiger partial charge on any atom is -0.294 e. The van der Waals surface area contributed by atoms with Gasteiger partial charge in [0.1, 0.15) is 0 Å². The molecule has 0 aliphatic carbocycles. The van der Waals surface area contributed by atoms with Crippen molar-refractivity contribution < 1.29 is 0 Å². The maximum Gasteiger partial charge on any atom is 0.261 e. The Morgan fingerprint density at radius 2 is 2.18 bits per heavy atom. The summed E-state index contributed by atoms with van der Waals surface area (Å²) in [4.78, 5) is 16.3. The first-order valence-electron chi connectivity index (χ1n) is 4.66. The highest BCUT2D eigenvalue weighted by Gasteiger charge is 2.08. The van der Waals surface area contributed by atoms with E-state index in [0.29, 0.717) is 32.0 Å². The van der Waals surface area contributed by atoms with Crippen LogP contribution in [0.15, 0.2) is 34.3 Å². The molecule has 17 heavy (non-hydrogen) atoms. The van der Waals surface area contributed by atoms with Gasteiger partial charge in [-0.05, 0) is 12.1 Å². The first-order chi connectivity index (χ1) is 7.99. The van der Waals surface area contributed by atoms with Crippen LogP contribution < -0.4 is 5.56 Å². The molecule has 0 aliphatic heterocycles. The van der Waals surface area contributed by atoms with Crippen LogP contribution in [0.3, 0.4) is 0 Å². The second-order valence-electron chi connectivity index (χ2n) is 3.48. The number of hydrogen-bond donors (Lipinski definition) is 0. The SMILES string of the molecule is C=C(Br)Cn1cnc2c(Cl)cc(Cl)cc2c1=O. The van der Waals surface area contributed by atoms with Crippen molar-refractivity contribution in [2.45, 2.75) is 6.54 Å². The molecule has 0 saturated heterocycles. The lowest BCUT2D eigenvalue weighted by molar-refractivity contribution is 0.763. The van der Waals surface area contributed by atoms with Crippen LogP contribution >= 0.6 is 39.1 Å². The van der Waals surface area contributed by atoms with Gasteiger partial charge >= 0.3 is 0 Å². The van der Waals surface area contributed by atoms with Gasteiger partial charge < -0.3 is 0 Å². The Morgan fingerprint density at radius 3 is 2.82 bits per heavy atom. The molecule has 0 atom stereocenters. The molecular weight excluding hydrogens is 327 g/mol. The minimum absolute atomic E-state index is 0.194. The van der Waals surface area contributed by atoms with Crippen molar-refractivity contribution >= 4 is 50.0 Å². The summed E-state index contributed by atoms with van der Waals surface area (Å²) in [6.45, 7) is 4.04. The van der Waals surface area contributed by atoms with E-state index in [-0.39, 0.29) is 5.56 Å². The quantitative estimate of drug-likeness (QED) is 0.841. The second kappa shape index (κ2) is 4.80. The lowest BCUT2D eigenvalue weighted by Crippen LogP contribution is -2.20. The lowest BCUT2D eigenvalue weighted by atomic mass is 10.2. The Kier molecular flexibility index (Phi) is 3.56. The standard InChI is InChI=1S/C11H7BrCl2N2O/c1-6(12)4-16-5-15-10-8(11(16)17)2-7(13)3-9(10)14/h2-3,5H,1,4H2. The Balaban J connectivity index is 2.75. The average molecular weight is 334 g/mol. The van der Waals surface area contributed by atoms with Crippen molar-refractivity contribution in [1.29, 1.82) is 0 Å². The van der Waals surface area contributed by atoms with E-state index in [4.69, 9.17) is 23.2 Å². The van der Waals surface area contributed by atoms with Crippen molar-refractivity contribution in [2.24, 2.45) is 0 Å². The number of hydrogen-bond acceptors (Lipinski definition) is 2. The van der Waals surface area contributed by atoms with Crippen LogP contribution in [-0.4, -0.2) is 9.55 Å². The zero-order valence-corrected chi connectivity index (χ0v) is 11.7. The number of benzene rings is 1. The zero-order chi connectivity index (χ0) is 12.6. The van der Waals surface area contributed by atoms with E-state index >= 15 is 0 Å². The topological polar surface area (TPSA) is 34.9 Å². The van der Waals surface area contributed by atoms with E-state index in [1.54, 1.807) is 12.1 Å².